The molecule has 7 rings (SSSR count). The molecule has 0 saturated heterocycles. The van der Waals surface area contributed by atoms with E-state index in [1.54, 1.807) is 30.7 Å². The van der Waals surface area contributed by atoms with E-state index in [-0.39, 0.29) is 64.7 Å². The molecule has 0 spiro atoms. The van der Waals surface area contributed by atoms with Crippen LogP contribution in [0, 0.1) is 0 Å². The number of hydrogen-bond acceptors (Lipinski definition) is 19. The van der Waals surface area contributed by atoms with E-state index in [0.717, 1.165) is 29.9 Å². The summed E-state index contributed by atoms with van der Waals surface area (Å²) in [6.07, 6.45) is 11.6. The summed E-state index contributed by atoms with van der Waals surface area (Å²) in [6.45, 7) is 2.89. The predicted octanol–water partition coefficient (Wildman–Crippen LogP) is 9.01. The zero-order valence-corrected chi connectivity index (χ0v) is 41.7. The number of pyridine rings is 4. The van der Waals surface area contributed by atoms with E-state index in [2.05, 4.69) is 35.1 Å². The topological polar surface area (TPSA) is 359 Å². The van der Waals surface area contributed by atoms with Crippen molar-refractivity contribution < 1.29 is 81.2 Å². The first-order valence-electron chi connectivity index (χ1n) is 21.3. The standard InChI is InChI=1S/C15H15NO2.C14H13NO3.C7H7NO3.C7H8O.C6H5NO3.CH5N.CH4O.4CH4.H2O4S/c1-2-15(17)13-8-14(10-16-9-13)18-11-12-6-4-3-5-7-12;1-17-14(16)12-7-13(9-15-8-12)18-10-11-5-3-2-4-6-11;1-11-7(10)5-2-6(9)4-8-3-5;8-6-7-4-2-1-3-5-7;8-5-1-4(6(9)10)2-7-3-5;2*1-2;;;;;1-5(2,3)4/h3-10H,2,11H2,1H3;2-9H,10H2,1H3;2-4,9H,1H3;1-5,8H,6H2;1-3,8H,(H,9,10);2H2,1H3;2H,1H3;4*1H4;(H2,1,2,3,4). The Hall–Kier alpha value is -8.71. The van der Waals surface area contributed by atoms with Gasteiger partial charge in [-0.2, -0.15) is 8.42 Å². The molecule has 4 heterocycles. The van der Waals surface area contributed by atoms with Crippen LogP contribution in [0.5, 0.6) is 23.0 Å². The number of carboxylic acids is 1. The summed E-state index contributed by atoms with van der Waals surface area (Å²) < 4.78 is 51.8. The Balaban J connectivity index is -0.000000277. The highest BCUT2D eigenvalue weighted by Gasteiger charge is 2.08. The minimum Gasteiger partial charge on any atom is -0.506 e. The minimum atomic E-state index is -4.67. The van der Waals surface area contributed by atoms with Gasteiger partial charge in [0.2, 0.25) is 0 Å². The monoisotopic (exact) mass is 1110 g/mol. The Labute approximate surface area is 457 Å². The number of benzene rings is 3. The summed E-state index contributed by atoms with van der Waals surface area (Å²) in [5, 5.41) is 41.5. The van der Waals surface area contributed by atoms with Crippen molar-refractivity contribution in [3.63, 3.8) is 0 Å². The average molecular weight is 1110 g/mol. The number of esters is 2. The van der Waals surface area contributed by atoms with Gasteiger partial charge in [-0.1, -0.05) is 128 Å². The largest absolute Gasteiger partial charge is 0.506 e. The van der Waals surface area contributed by atoms with E-state index >= 15 is 0 Å². The SMILES string of the molecule is C.C.C.C.CCC(=O)c1cncc(OCc2ccccc2)c1.CN.CO.COC(=O)c1cncc(O)c1.COC(=O)c1cncc(OCc2ccccc2)c1.O=C(O)c1cncc(O)c1.O=S(=O)(O)O.OCc1ccccc1. The summed E-state index contributed by atoms with van der Waals surface area (Å²) in [5.74, 6) is -0.968. The number of aromatic hydroxyl groups is 2. The van der Waals surface area contributed by atoms with Gasteiger partial charge in [-0.15, -0.1) is 0 Å². The third-order valence-electron chi connectivity index (χ3n) is 8.13. The molecule has 428 valence electrons. The fourth-order valence-corrected chi connectivity index (χ4v) is 4.85. The van der Waals surface area contributed by atoms with E-state index < -0.39 is 28.3 Å². The lowest BCUT2D eigenvalue weighted by molar-refractivity contribution is 0.0591. The second kappa shape index (κ2) is 46.8. The van der Waals surface area contributed by atoms with Crippen LogP contribution in [0.3, 0.4) is 0 Å². The number of carbonyl (C=O) groups is 4. The number of aliphatic hydroxyl groups is 2. The van der Waals surface area contributed by atoms with Gasteiger partial charge in [0.25, 0.3) is 0 Å². The first-order valence-corrected chi connectivity index (χ1v) is 22.7. The number of methoxy groups -OCH3 is 2. The number of aromatic nitrogens is 4. The maximum Gasteiger partial charge on any atom is 0.394 e. The number of carbonyl (C=O) groups excluding carboxylic acids is 3. The Bertz CT molecular complexity index is 2670. The lowest BCUT2D eigenvalue weighted by Crippen LogP contribution is -2.03. The highest BCUT2D eigenvalue weighted by molar-refractivity contribution is 7.79. The van der Waals surface area contributed by atoms with Gasteiger partial charge in [-0.05, 0) is 48.0 Å². The Morgan fingerprint density at radius 3 is 1.13 bits per heavy atom. The molecule has 4 aromatic heterocycles. The number of hydrogen-bond donors (Lipinski definition) is 8. The van der Waals surface area contributed by atoms with Crippen LogP contribution in [-0.4, -0.2) is 115 Å². The molecule has 0 fully saturated rings. The lowest BCUT2D eigenvalue weighted by Gasteiger charge is -2.06. The van der Waals surface area contributed by atoms with Crippen molar-refractivity contribution in [3.8, 4) is 23.0 Å². The third-order valence-corrected chi connectivity index (χ3v) is 8.13. The zero-order valence-electron chi connectivity index (χ0n) is 40.9. The Morgan fingerprint density at radius 2 is 0.821 bits per heavy atom. The van der Waals surface area contributed by atoms with Gasteiger partial charge in [0.05, 0.1) is 62.3 Å². The number of Topliss-reactive ketones (excluding diaryl/α,β-unsaturated/α-hetero) is 1. The number of nitrogens with two attached hydrogens (primary N) is 1. The van der Waals surface area contributed by atoms with Crippen molar-refractivity contribution in [1.82, 2.24) is 19.9 Å². The van der Waals surface area contributed by atoms with Gasteiger partial charge in [0.15, 0.2) is 5.78 Å². The number of rotatable bonds is 12. The summed E-state index contributed by atoms with van der Waals surface area (Å²) in [4.78, 5) is 58.9. The molecule has 7 aromatic rings. The number of ketones is 1. The quantitative estimate of drug-likeness (QED) is 0.0321. The van der Waals surface area contributed by atoms with Gasteiger partial charge in [-0.3, -0.25) is 33.8 Å². The van der Waals surface area contributed by atoms with E-state index in [1.165, 1.54) is 58.3 Å². The molecular weight excluding hydrogens is 1030 g/mol. The van der Waals surface area contributed by atoms with E-state index in [9.17, 15) is 19.2 Å². The van der Waals surface area contributed by atoms with Crippen molar-refractivity contribution in [2.24, 2.45) is 5.73 Å². The number of carboxylic acid groups (broad SMARTS) is 1. The molecule has 0 aliphatic heterocycles. The summed E-state index contributed by atoms with van der Waals surface area (Å²) in [6, 6.07) is 35.0. The van der Waals surface area contributed by atoms with Gasteiger partial charge >= 0.3 is 28.3 Å². The first-order chi connectivity index (χ1) is 35.5. The Kier molecular flexibility index (Phi) is 46.9. The fourth-order valence-electron chi connectivity index (χ4n) is 4.85. The van der Waals surface area contributed by atoms with Crippen LogP contribution in [0.15, 0.2) is 165 Å². The third kappa shape index (κ3) is 37.1. The molecule has 0 radical (unpaired) electrons. The number of ether oxygens (including phenoxy) is 4. The van der Waals surface area contributed by atoms with Gasteiger partial charge in [0, 0.05) is 43.9 Å². The van der Waals surface area contributed by atoms with Crippen LogP contribution in [0.25, 0.3) is 0 Å². The zero-order chi connectivity index (χ0) is 55.7. The number of aromatic carboxylic acids is 1. The normalized spacial score (nSPS) is 8.90. The summed E-state index contributed by atoms with van der Waals surface area (Å²) in [5.41, 5.74) is 8.82. The smallest absolute Gasteiger partial charge is 0.394 e. The van der Waals surface area contributed by atoms with Crippen LogP contribution in [-0.2, 0) is 39.7 Å². The predicted molar refractivity (Wildman–Crippen MR) is 298 cm³/mol. The molecule has 0 atom stereocenters. The second-order valence-electron chi connectivity index (χ2n) is 13.4. The summed E-state index contributed by atoms with van der Waals surface area (Å²) >= 11 is 0. The van der Waals surface area contributed by atoms with E-state index in [0.29, 0.717) is 42.3 Å². The summed E-state index contributed by atoms with van der Waals surface area (Å²) in [7, 11) is 0.437. The lowest BCUT2D eigenvalue weighted by atomic mass is 10.1. The van der Waals surface area contributed by atoms with Crippen molar-refractivity contribution in [2.75, 3.05) is 28.4 Å². The molecular formula is C55H75N5O17S. The van der Waals surface area contributed by atoms with Crippen LogP contribution in [0.4, 0.5) is 0 Å². The van der Waals surface area contributed by atoms with Crippen molar-refractivity contribution in [1.29, 1.82) is 0 Å². The van der Waals surface area contributed by atoms with Crippen LogP contribution in [0.2, 0.25) is 0 Å². The molecule has 78 heavy (non-hydrogen) atoms. The highest BCUT2D eigenvalue weighted by atomic mass is 32.3. The molecule has 0 aliphatic carbocycles. The highest BCUT2D eigenvalue weighted by Crippen LogP contribution is 2.16. The molecule has 0 unspecified atom stereocenters. The molecule has 0 saturated carbocycles. The van der Waals surface area contributed by atoms with Crippen LogP contribution >= 0.6 is 0 Å². The molecule has 0 bridgehead atoms. The van der Waals surface area contributed by atoms with E-state index in [4.69, 9.17) is 52.5 Å². The molecule has 22 nitrogen and oxygen atoms in total. The number of nitrogens with zero attached hydrogens (tertiary/aromatic N) is 4. The Morgan fingerprint density at radius 1 is 0.513 bits per heavy atom. The average Bonchev–Trinajstić information content (AvgIpc) is 3.43. The van der Waals surface area contributed by atoms with Crippen LogP contribution in [0.1, 0.15) is 101 Å². The number of aliphatic hydroxyl groups excluding tert-OH is 2. The van der Waals surface area contributed by atoms with Crippen molar-refractivity contribution >= 4 is 34.1 Å². The molecule has 0 aliphatic rings. The van der Waals surface area contributed by atoms with Crippen LogP contribution < -0.4 is 15.2 Å². The minimum absolute atomic E-state index is 0. The van der Waals surface area contributed by atoms with Crippen molar-refractivity contribution in [3.05, 3.63) is 204 Å². The first kappa shape index (κ1) is 78.2. The van der Waals surface area contributed by atoms with Crippen molar-refractivity contribution in [2.45, 2.75) is 62.9 Å². The molecule has 9 N–H and O–H groups in total. The fraction of sp³-hybridized carbons (Fsp3) is 0.236. The van der Waals surface area contributed by atoms with Gasteiger partial charge in [0.1, 0.15) is 36.2 Å². The van der Waals surface area contributed by atoms with E-state index in [1.807, 2.05) is 97.9 Å². The van der Waals surface area contributed by atoms with Gasteiger partial charge in [-0.25, -0.2) is 14.4 Å². The molecule has 23 heteroatoms. The van der Waals surface area contributed by atoms with Gasteiger partial charge < -0.3 is 50.2 Å². The second-order valence-corrected chi connectivity index (χ2v) is 14.3. The molecule has 3 aromatic carbocycles. The maximum atomic E-state index is 11.5. The maximum absolute atomic E-state index is 11.5. The molecule has 0 amide bonds.